The second kappa shape index (κ2) is 5.78. The maximum atomic E-state index is 12.3. The summed E-state index contributed by atoms with van der Waals surface area (Å²) in [5.41, 5.74) is 1.26. The minimum Gasteiger partial charge on any atom is -0.354 e. The first-order chi connectivity index (χ1) is 10.1. The molecule has 1 aromatic carbocycles. The Morgan fingerprint density at radius 3 is 2.81 bits per heavy atom. The van der Waals surface area contributed by atoms with Crippen molar-refractivity contribution in [2.24, 2.45) is 0 Å². The molecule has 112 valence electrons. The van der Waals surface area contributed by atoms with Crippen LogP contribution in [-0.4, -0.2) is 37.0 Å². The molecule has 2 aromatic rings. The lowest BCUT2D eigenvalue weighted by Gasteiger charge is -2.20. The third-order valence-corrected chi connectivity index (χ3v) is 5.61. The average Bonchev–Trinajstić information content (AvgIpc) is 3.10. The van der Waals surface area contributed by atoms with E-state index in [2.05, 4.69) is 42.3 Å². The van der Waals surface area contributed by atoms with Gasteiger partial charge >= 0.3 is 0 Å². The Kier molecular flexibility index (Phi) is 4.00. The van der Waals surface area contributed by atoms with Gasteiger partial charge in [-0.1, -0.05) is 18.2 Å². The van der Waals surface area contributed by atoms with Crippen LogP contribution in [0.5, 0.6) is 0 Å². The van der Waals surface area contributed by atoms with Gasteiger partial charge in [-0.2, -0.15) is 0 Å². The van der Waals surface area contributed by atoms with E-state index in [0.29, 0.717) is 12.0 Å². The first-order valence-electron chi connectivity index (χ1n) is 7.59. The van der Waals surface area contributed by atoms with Crippen molar-refractivity contribution in [3.05, 3.63) is 34.7 Å². The Hall–Kier alpha value is -1.39. The number of carbonyl (C=O) groups excluding carboxylic acids is 1. The number of carbonyl (C=O) groups is 1. The average molecular weight is 302 g/mol. The van der Waals surface area contributed by atoms with Gasteiger partial charge in [-0.15, -0.1) is 11.3 Å². The van der Waals surface area contributed by atoms with Crippen LogP contribution in [0.25, 0.3) is 10.1 Å². The highest BCUT2D eigenvalue weighted by Gasteiger charge is 2.31. The van der Waals surface area contributed by atoms with Crippen LogP contribution in [0.1, 0.15) is 41.4 Å². The van der Waals surface area contributed by atoms with Crippen LogP contribution in [0.3, 0.4) is 0 Å². The van der Waals surface area contributed by atoms with Crippen molar-refractivity contribution in [3.63, 3.8) is 0 Å². The van der Waals surface area contributed by atoms with Crippen LogP contribution in [0.15, 0.2) is 24.3 Å². The zero-order valence-corrected chi connectivity index (χ0v) is 13.7. The molecule has 0 spiro atoms. The van der Waals surface area contributed by atoms with E-state index >= 15 is 0 Å². The van der Waals surface area contributed by atoms with Crippen molar-refractivity contribution in [1.29, 1.82) is 0 Å². The van der Waals surface area contributed by atoms with Gasteiger partial charge in [0, 0.05) is 30.3 Å². The second-order valence-electron chi connectivity index (χ2n) is 5.99. The molecule has 0 saturated carbocycles. The fourth-order valence-corrected chi connectivity index (χ4v) is 4.48. The van der Waals surface area contributed by atoms with Crippen LogP contribution in [0.4, 0.5) is 0 Å². The molecule has 1 N–H and O–H groups in total. The third-order valence-electron chi connectivity index (χ3n) is 4.43. The predicted molar refractivity (Wildman–Crippen MR) is 89.3 cm³/mol. The van der Waals surface area contributed by atoms with Gasteiger partial charge in [0.1, 0.15) is 0 Å². The van der Waals surface area contributed by atoms with Crippen LogP contribution in [0, 0.1) is 0 Å². The fourth-order valence-electron chi connectivity index (χ4n) is 3.24. The number of fused-ring (bicyclic) bond motifs is 1. The minimum absolute atomic E-state index is 0.0502. The summed E-state index contributed by atoms with van der Waals surface area (Å²) in [6, 6.07) is 8.96. The molecule has 4 heteroatoms. The van der Waals surface area contributed by atoms with E-state index in [1.165, 1.54) is 15.6 Å². The quantitative estimate of drug-likeness (QED) is 0.941. The maximum Gasteiger partial charge on any atom is 0.261 e. The Morgan fingerprint density at radius 2 is 2.14 bits per heavy atom. The van der Waals surface area contributed by atoms with E-state index in [9.17, 15) is 4.79 Å². The fraction of sp³-hybridized carbons (Fsp3) is 0.471. The van der Waals surface area contributed by atoms with E-state index in [0.717, 1.165) is 24.4 Å². The second-order valence-corrected chi connectivity index (χ2v) is 7.05. The van der Waals surface area contributed by atoms with E-state index in [1.807, 2.05) is 6.07 Å². The van der Waals surface area contributed by atoms with Gasteiger partial charge in [-0.05, 0) is 43.8 Å². The molecule has 3 rings (SSSR count). The van der Waals surface area contributed by atoms with Crippen molar-refractivity contribution >= 4 is 27.3 Å². The number of amides is 1. The third kappa shape index (κ3) is 2.58. The van der Waals surface area contributed by atoms with Gasteiger partial charge in [0.2, 0.25) is 0 Å². The van der Waals surface area contributed by atoms with E-state index in [4.69, 9.17) is 0 Å². The Labute approximate surface area is 130 Å². The highest BCUT2D eigenvalue weighted by molar-refractivity contribution is 7.21. The predicted octanol–water partition coefficient (Wildman–Crippen LogP) is 3.46. The van der Waals surface area contributed by atoms with Crippen molar-refractivity contribution in [3.8, 4) is 0 Å². The first-order valence-corrected chi connectivity index (χ1v) is 8.41. The van der Waals surface area contributed by atoms with Gasteiger partial charge in [0.15, 0.2) is 0 Å². The first kappa shape index (κ1) is 14.5. The van der Waals surface area contributed by atoms with Crippen LogP contribution in [-0.2, 0) is 0 Å². The van der Waals surface area contributed by atoms with Crippen LogP contribution in [0.2, 0.25) is 0 Å². The number of likely N-dealkylation sites (tertiary alicyclic amines) is 1. The van der Waals surface area contributed by atoms with Crippen LogP contribution >= 0.6 is 11.3 Å². The van der Waals surface area contributed by atoms with Gasteiger partial charge in [-0.25, -0.2) is 0 Å². The molecule has 1 aromatic heterocycles. The SMILES string of the molecule is CNC(=O)c1sc2ccccc2c1[C@H]1CCN(C(C)C)C1. The summed E-state index contributed by atoms with van der Waals surface area (Å²) in [4.78, 5) is 15.7. The normalized spacial score (nSPS) is 19.5. The van der Waals surface area contributed by atoms with Crippen molar-refractivity contribution in [1.82, 2.24) is 10.2 Å². The molecule has 3 nitrogen and oxygen atoms in total. The smallest absolute Gasteiger partial charge is 0.261 e. The number of benzene rings is 1. The van der Waals surface area contributed by atoms with Gasteiger partial charge in [-0.3, -0.25) is 4.79 Å². The molecule has 2 heterocycles. The highest BCUT2D eigenvalue weighted by atomic mass is 32.1. The van der Waals surface area contributed by atoms with Gasteiger partial charge in [0.25, 0.3) is 5.91 Å². The number of nitrogens with one attached hydrogen (secondary N) is 1. The maximum absolute atomic E-state index is 12.3. The molecule has 1 aliphatic rings. The zero-order chi connectivity index (χ0) is 15.0. The molecule has 0 bridgehead atoms. The molecule has 1 fully saturated rings. The molecule has 0 radical (unpaired) electrons. The summed E-state index contributed by atoms with van der Waals surface area (Å²) in [7, 11) is 1.71. The molecule has 1 aliphatic heterocycles. The Balaban J connectivity index is 2.06. The standard InChI is InChI=1S/C17H22N2OS/c1-11(2)19-9-8-12(10-19)15-13-6-4-5-7-14(13)21-16(15)17(20)18-3/h4-7,11-12H,8-10H2,1-3H3,(H,18,20)/t12-/m0/s1. The number of thiophene rings is 1. The lowest BCUT2D eigenvalue weighted by Crippen LogP contribution is -2.28. The molecule has 1 atom stereocenters. The monoisotopic (exact) mass is 302 g/mol. The van der Waals surface area contributed by atoms with Gasteiger partial charge < -0.3 is 10.2 Å². The molecule has 1 saturated heterocycles. The van der Waals surface area contributed by atoms with Crippen molar-refractivity contribution in [2.75, 3.05) is 20.1 Å². The van der Waals surface area contributed by atoms with E-state index < -0.39 is 0 Å². The summed E-state index contributed by atoms with van der Waals surface area (Å²) in [5.74, 6) is 0.519. The van der Waals surface area contributed by atoms with Gasteiger partial charge in [0.05, 0.1) is 4.88 Å². The Bertz CT molecular complexity index is 662. The molecular formula is C17H22N2OS. The molecule has 0 unspecified atom stereocenters. The molecule has 1 amide bonds. The van der Waals surface area contributed by atoms with Crippen molar-refractivity contribution < 1.29 is 4.79 Å². The van der Waals surface area contributed by atoms with Crippen molar-refractivity contribution in [2.45, 2.75) is 32.2 Å². The van der Waals surface area contributed by atoms with E-state index in [-0.39, 0.29) is 5.91 Å². The molecular weight excluding hydrogens is 280 g/mol. The Morgan fingerprint density at radius 1 is 1.38 bits per heavy atom. The highest BCUT2D eigenvalue weighted by Crippen LogP contribution is 2.40. The summed E-state index contributed by atoms with van der Waals surface area (Å²) in [6.45, 7) is 6.67. The minimum atomic E-state index is 0.0502. The summed E-state index contributed by atoms with van der Waals surface area (Å²) in [5, 5.41) is 4.06. The molecule has 21 heavy (non-hydrogen) atoms. The lowest BCUT2D eigenvalue weighted by atomic mass is 9.95. The number of rotatable bonds is 3. The summed E-state index contributed by atoms with van der Waals surface area (Å²) < 4.78 is 1.22. The summed E-state index contributed by atoms with van der Waals surface area (Å²) >= 11 is 1.62. The van der Waals surface area contributed by atoms with Crippen LogP contribution < -0.4 is 5.32 Å². The zero-order valence-electron chi connectivity index (χ0n) is 12.8. The topological polar surface area (TPSA) is 32.3 Å². The number of hydrogen-bond acceptors (Lipinski definition) is 3. The number of nitrogens with zero attached hydrogens (tertiary/aromatic N) is 1. The summed E-state index contributed by atoms with van der Waals surface area (Å²) in [6.07, 6.45) is 1.14. The largest absolute Gasteiger partial charge is 0.354 e. The molecule has 0 aliphatic carbocycles. The number of hydrogen-bond donors (Lipinski definition) is 1. The lowest BCUT2D eigenvalue weighted by molar-refractivity contribution is 0.0966. The van der Waals surface area contributed by atoms with E-state index in [1.54, 1.807) is 18.4 Å².